The second kappa shape index (κ2) is 6.46. The first kappa shape index (κ1) is 14.4. The van der Waals surface area contributed by atoms with Gasteiger partial charge in [0.15, 0.2) is 11.5 Å². The molecule has 0 aliphatic carbocycles. The quantitative estimate of drug-likeness (QED) is 0.890. The molecule has 0 radical (unpaired) electrons. The van der Waals surface area contributed by atoms with E-state index < -0.39 is 0 Å². The third-order valence-electron chi connectivity index (χ3n) is 3.53. The summed E-state index contributed by atoms with van der Waals surface area (Å²) in [5.41, 5.74) is 1.10. The fourth-order valence-electron chi connectivity index (χ4n) is 2.26. The Morgan fingerprint density at radius 2 is 2.18 bits per heavy atom. The number of carbonyl (C=O) groups is 1. The van der Waals surface area contributed by atoms with Gasteiger partial charge in [0.2, 0.25) is 5.91 Å². The van der Waals surface area contributed by atoms with Crippen LogP contribution in [0.4, 0.5) is 0 Å². The number of fused-ring (bicyclic) bond motifs is 1. The predicted molar refractivity (Wildman–Crippen MR) is 78.9 cm³/mol. The van der Waals surface area contributed by atoms with Crippen molar-refractivity contribution in [2.75, 3.05) is 19.8 Å². The summed E-state index contributed by atoms with van der Waals surface area (Å²) < 4.78 is 12.6. The van der Waals surface area contributed by atoms with Gasteiger partial charge in [0, 0.05) is 6.54 Å². The van der Waals surface area contributed by atoms with Gasteiger partial charge < -0.3 is 14.8 Å². The highest BCUT2D eigenvalue weighted by atomic mass is 16.6. The monoisotopic (exact) mass is 302 g/mol. The largest absolute Gasteiger partial charge is 0.486 e. The van der Waals surface area contributed by atoms with Crippen LogP contribution >= 0.6 is 0 Å². The topological polar surface area (TPSA) is 78.3 Å². The molecule has 7 heteroatoms. The minimum Gasteiger partial charge on any atom is -0.486 e. The molecule has 3 rings (SSSR count). The van der Waals surface area contributed by atoms with Gasteiger partial charge in [0.1, 0.15) is 31.9 Å². The van der Waals surface area contributed by atoms with Gasteiger partial charge in [-0.1, -0.05) is 6.07 Å². The van der Waals surface area contributed by atoms with Crippen LogP contribution in [0.3, 0.4) is 0 Å². The minimum atomic E-state index is -0.372. The van der Waals surface area contributed by atoms with Gasteiger partial charge in [-0.05, 0) is 31.0 Å². The normalized spacial score (nSPS) is 14.4. The zero-order chi connectivity index (χ0) is 15.4. The van der Waals surface area contributed by atoms with E-state index >= 15 is 0 Å². The lowest BCUT2D eigenvalue weighted by Crippen LogP contribution is -2.32. The van der Waals surface area contributed by atoms with Crippen molar-refractivity contribution in [3.05, 3.63) is 36.4 Å². The smallest absolute Gasteiger partial charge is 0.244 e. The van der Waals surface area contributed by atoms with Crippen molar-refractivity contribution in [2.24, 2.45) is 0 Å². The number of rotatable bonds is 5. The third kappa shape index (κ3) is 3.19. The van der Waals surface area contributed by atoms with Crippen molar-refractivity contribution in [3.63, 3.8) is 0 Å². The maximum atomic E-state index is 12.0. The molecule has 1 atom stereocenters. The molecule has 0 spiro atoms. The predicted octanol–water partition coefficient (Wildman–Crippen LogP) is 0.969. The Balaban J connectivity index is 1.51. The maximum absolute atomic E-state index is 12.0. The van der Waals surface area contributed by atoms with Crippen molar-refractivity contribution in [3.8, 4) is 11.5 Å². The number of ether oxygens (including phenoxy) is 2. The minimum absolute atomic E-state index is 0.0805. The van der Waals surface area contributed by atoms with Crippen LogP contribution in [-0.2, 0) is 11.2 Å². The molecule has 1 unspecified atom stereocenters. The summed E-state index contributed by atoms with van der Waals surface area (Å²) >= 11 is 0. The van der Waals surface area contributed by atoms with E-state index in [2.05, 4.69) is 15.4 Å². The van der Waals surface area contributed by atoms with Gasteiger partial charge >= 0.3 is 0 Å². The highest BCUT2D eigenvalue weighted by molar-refractivity contribution is 5.79. The standard InChI is InChI=1S/C15H18N4O3/c1-11(19-10-16-9-18-19)15(20)17-5-4-12-2-3-13-14(8-12)22-7-6-21-13/h2-3,8-11H,4-7H2,1H3,(H,17,20). The van der Waals surface area contributed by atoms with Crippen LogP contribution in [0.5, 0.6) is 11.5 Å². The van der Waals surface area contributed by atoms with Gasteiger partial charge in [-0.25, -0.2) is 9.67 Å². The second-order valence-electron chi connectivity index (χ2n) is 5.07. The fourth-order valence-corrected chi connectivity index (χ4v) is 2.26. The molecule has 2 heterocycles. The van der Waals surface area contributed by atoms with E-state index in [0.29, 0.717) is 19.8 Å². The van der Waals surface area contributed by atoms with Gasteiger partial charge in [-0.15, -0.1) is 0 Å². The number of nitrogens with one attached hydrogen (secondary N) is 1. The SMILES string of the molecule is CC(C(=O)NCCc1ccc2c(c1)OCCO2)n1cncn1. The summed E-state index contributed by atoms with van der Waals surface area (Å²) in [6.07, 6.45) is 3.68. The van der Waals surface area contributed by atoms with Crippen LogP contribution in [0, 0.1) is 0 Å². The number of hydrogen-bond donors (Lipinski definition) is 1. The molecule has 1 aromatic heterocycles. The number of amides is 1. The molecule has 0 fully saturated rings. The number of hydrogen-bond acceptors (Lipinski definition) is 5. The number of nitrogens with zero attached hydrogens (tertiary/aromatic N) is 3. The van der Waals surface area contributed by atoms with Crippen molar-refractivity contribution in [1.82, 2.24) is 20.1 Å². The Labute approximate surface area is 128 Å². The van der Waals surface area contributed by atoms with E-state index in [1.54, 1.807) is 6.92 Å². The Morgan fingerprint density at radius 1 is 1.36 bits per heavy atom. The number of aromatic nitrogens is 3. The Hall–Kier alpha value is -2.57. The second-order valence-corrected chi connectivity index (χ2v) is 5.07. The van der Waals surface area contributed by atoms with Gasteiger partial charge in [0.25, 0.3) is 0 Å². The van der Waals surface area contributed by atoms with E-state index in [1.165, 1.54) is 17.3 Å². The first-order chi connectivity index (χ1) is 10.7. The summed E-state index contributed by atoms with van der Waals surface area (Å²) in [5, 5.41) is 6.87. The summed E-state index contributed by atoms with van der Waals surface area (Å²) in [5.74, 6) is 1.47. The summed E-state index contributed by atoms with van der Waals surface area (Å²) in [6, 6.07) is 5.48. The first-order valence-corrected chi connectivity index (χ1v) is 7.24. The van der Waals surface area contributed by atoms with Crippen molar-refractivity contribution >= 4 is 5.91 Å². The average molecular weight is 302 g/mol. The molecule has 1 N–H and O–H groups in total. The molecule has 1 aliphatic rings. The molecule has 1 aromatic carbocycles. The van der Waals surface area contributed by atoms with Crippen LogP contribution < -0.4 is 14.8 Å². The van der Waals surface area contributed by atoms with Crippen LogP contribution in [0.2, 0.25) is 0 Å². The summed E-state index contributed by atoms with van der Waals surface area (Å²) in [4.78, 5) is 15.9. The zero-order valence-electron chi connectivity index (χ0n) is 12.4. The molecule has 2 aromatic rings. The summed E-state index contributed by atoms with van der Waals surface area (Å²) in [7, 11) is 0. The molecule has 22 heavy (non-hydrogen) atoms. The van der Waals surface area contributed by atoms with E-state index in [9.17, 15) is 4.79 Å². The van der Waals surface area contributed by atoms with E-state index in [1.807, 2.05) is 18.2 Å². The van der Waals surface area contributed by atoms with Crippen molar-refractivity contribution < 1.29 is 14.3 Å². The molecular weight excluding hydrogens is 284 g/mol. The summed E-state index contributed by atoms with van der Waals surface area (Å²) in [6.45, 7) is 3.50. The van der Waals surface area contributed by atoms with Crippen molar-refractivity contribution in [1.29, 1.82) is 0 Å². The molecule has 116 valence electrons. The lowest BCUT2D eigenvalue weighted by Gasteiger charge is -2.19. The fraction of sp³-hybridized carbons (Fsp3) is 0.400. The molecule has 0 bridgehead atoms. The molecule has 1 aliphatic heterocycles. The van der Waals surface area contributed by atoms with Crippen LogP contribution in [0.15, 0.2) is 30.9 Å². The lowest BCUT2D eigenvalue weighted by molar-refractivity contribution is -0.124. The Morgan fingerprint density at radius 3 is 2.95 bits per heavy atom. The van der Waals surface area contributed by atoms with Crippen LogP contribution in [0.1, 0.15) is 18.5 Å². The number of benzene rings is 1. The Kier molecular flexibility index (Phi) is 4.22. The van der Waals surface area contributed by atoms with E-state index in [0.717, 1.165) is 23.5 Å². The number of carbonyl (C=O) groups excluding carboxylic acids is 1. The van der Waals surface area contributed by atoms with Crippen LogP contribution in [0.25, 0.3) is 0 Å². The average Bonchev–Trinajstić information content (AvgIpc) is 3.08. The molecule has 0 saturated heterocycles. The zero-order valence-corrected chi connectivity index (χ0v) is 12.4. The molecule has 0 saturated carbocycles. The van der Waals surface area contributed by atoms with Crippen LogP contribution in [-0.4, -0.2) is 40.4 Å². The highest BCUT2D eigenvalue weighted by Crippen LogP contribution is 2.30. The van der Waals surface area contributed by atoms with Gasteiger partial charge in [-0.3, -0.25) is 4.79 Å². The van der Waals surface area contributed by atoms with Gasteiger partial charge in [-0.2, -0.15) is 5.10 Å². The molecule has 7 nitrogen and oxygen atoms in total. The Bertz CT molecular complexity index is 642. The molecule has 1 amide bonds. The van der Waals surface area contributed by atoms with E-state index in [4.69, 9.17) is 9.47 Å². The van der Waals surface area contributed by atoms with Crippen molar-refractivity contribution in [2.45, 2.75) is 19.4 Å². The third-order valence-corrected chi connectivity index (χ3v) is 3.53. The van der Waals surface area contributed by atoms with E-state index in [-0.39, 0.29) is 11.9 Å². The first-order valence-electron chi connectivity index (χ1n) is 7.24. The highest BCUT2D eigenvalue weighted by Gasteiger charge is 2.15. The van der Waals surface area contributed by atoms with Gasteiger partial charge in [0.05, 0.1) is 0 Å². The maximum Gasteiger partial charge on any atom is 0.244 e. The molecular formula is C15H18N4O3. The lowest BCUT2D eigenvalue weighted by atomic mass is 10.1.